The Bertz CT molecular complexity index is 1630. The second kappa shape index (κ2) is 25.2. The summed E-state index contributed by atoms with van der Waals surface area (Å²) in [6, 6.07) is 11.2. The fraction of sp³-hybridized carbons (Fsp3) is 0.617. The van der Waals surface area contributed by atoms with E-state index in [2.05, 4.69) is 22.5 Å². The van der Waals surface area contributed by atoms with E-state index < -0.39 is 24.1 Å². The molecule has 0 radical (unpaired) electrons. The summed E-state index contributed by atoms with van der Waals surface area (Å²) >= 11 is 0. The third-order valence-electron chi connectivity index (χ3n) is 11.7. The number of hydrogen-bond donors (Lipinski definition) is 2. The maximum Gasteiger partial charge on any atom is 0.338 e. The summed E-state index contributed by atoms with van der Waals surface area (Å²) in [5.74, 6) is 0.0258. The highest BCUT2D eigenvalue weighted by Gasteiger charge is 2.44. The molecule has 2 N–H and O–H groups in total. The lowest BCUT2D eigenvalue weighted by Crippen LogP contribution is -2.54. The molecule has 0 bridgehead atoms. The molecule has 58 heavy (non-hydrogen) atoms. The molecule has 1 fully saturated rings. The molecule has 2 heterocycles. The summed E-state index contributed by atoms with van der Waals surface area (Å²) in [4.78, 5) is 56.8. The van der Waals surface area contributed by atoms with Crippen molar-refractivity contribution < 1.29 is 33.4 Å². The molecule has 1 unspecified atom stereocenters. The lowest BCUT2D eigenvalue weighted by Gasteiger charge is -2.37. The molecule has 11 nitrogen and oxygen atoms in total. The Labute approximate surface area is 347 Å². The zero-order valence-electron chi connectivity index (χ0n) is 36.0. The predicted molar refractivity (Wildman–Crippen MR) is 229 cm³/mol. The average molecular weight is 803 g/mol. The minimum absolute atomic E-state index is 0.152. The molecule has 2 aliphatic heterocycles. The van der Waals surface area contributed by atoms with Crippen molar-refractivity contribution in [2.75, 3.05) is 47.0 Å². The number of unbranched alkanes of at least 4 members (excludes halogenated alkanes) is 12. The smallest absolute Gasteiger partial charge is 0.338 e. The molecule has 0 aromatic heterocycles. The van der Waals surface area contributed by atoms with E-state index in [1.54, 1.807) is 21.0 Å². The Kier molecular flexibility index (Phi) is 20.1. The van der Waals surface area contributed by atoms with Gasteiger partial charge in [0.2, 0.25) is 0 Å². The maximum absolute atomic E-state index is 14.1. The molecule has 2 aromatic carbocycles. The Morgan fingerprint density at radius 2 is 1.41 bits per heavy atom. The number of esters is 2. The highest BCUT2D eigenvalue weighted by molar-refractivity contribution is 6.02. The van der Waals surface area contributed by atoms with Crippen LogP contribution in [0.25, 0.3) is 0 Å². The molecule has 2 aromatic rings. The fourth-order valence-electron chi connectivity index (χ4n) is 8.41. The molecule has 4 amide bonds. The first-order valence-electron chi connectivity index (χ1n) is 22.1. The zero-order chi connectivity index (χ0) is 41.7. The van der Waals surface area contributed by atoms with Crippen LogP contribution < -0.4 is 15.4 Å². The van der Waals surface area contributed by atoms with Crippen LogP contribution in [-0.2, 0) is 20.7 Å². The lowest BCUT2D eigenvalue weighted by molar-refractivity contribution is -0.139. The predicted octanol–water partition coefficient (Wildman–Crippen LogP) is 10.00. The number of urea groups is 2. The molecule has 0 spiro atoms. The zero-order valence-corrected chi connectivity index (χ0v) is 36.0. The molecule has 0 aliphatic carbocycles. The number of benzene rings is 2. The molecule has 0 saturated carbocycles. The van der Waals surface area contributed by atoms with Gasteiger partial charge in [-0.05, 0) is 101 Å². The van der Waals surface area contributed by atoms with Gasteiger partial charge in [0.15, 0.2) is 0 Å². The first-order valence-corrected chi connectivity index (χ1v) is 22.1. The number of imide groups is 1. The summed E-state index contributed by atoms with van der Waals surface area (Å²) in [5.41, 5.74) is 3.93. The number of hydrogen-bond acceptors (Lipinski definition) is 8. The molecule has 11 heteroatoms. The summed E-state index contributed by atoms with van der Waals surface area (Å²) in [5, 5.41) is 5.74. The normalized spacial score (nSPS) is 16.3. The van der Waals surface area contributed by atoms with Crippen LogP contribution in [0, 0.1) is 0 Å². The van der Waals surface area contributed by atoms with E-state index in [1.165, 1.54) is 76.9 Å². The van der Waals surface area contributed by atoms with Gasteiger partial charge in [-0.1, -0.05) is 108 Å². The molecule has 4 rings (SSSR count). The molecule has 1 atom stereocenters. The van der Waals surface area contributed by atoms with Gasteiger partial charge in [0.05, 0.1) is 32.0 Å². The second-order valence-electron chi connectivity index (χ2n) is 15.8. The van der Waals surface area contributed by atoms with Gasteiger partial charge in [-0.15, -0.1) is 0 Å². The number of methoxy groups -OCH3 is 2. The van der Waals surface area contributed by atoms with Crippen molar-refractivity contribution in [3.05, 3.63) is 76.0 Å². The van der Waals surface area contributed by atoms with Crippen LogP contribution in [0.4, 0.5) is 9.59 Å². The van der Waals surface area contributed by atoms with Gasteiger partial charge in [0.25, 0.3) is 0 Å². The third kappa shape index (κ3) is 13.6. The number of likely N-dealkylation sites (tertiary alicyclic amines) is 1. The van der Waals surface area contributed by atoms with Crippen molar-refractivity contribution in [3.63, 3.8) is 0 Å². The van der Waals surface area contributed by atoms with Gasteiger partial charge in [-0.25, -0.2) is 24.1 Å². The van der Waals surface area contributed by atoms with Crippen LogP contribution in [0.5, 0.6) is 5.75 Å². The monoisotopic (exact) mass is 803 g/mol. The number of allylic oxidation sites excluding steroid dienone is 1. The summed E-state index contributed by atoms with van der Waals surface area (Å²) in [7, 11) is 2.96. The number of carbonyl (C=O) groups excluding carboxylic acids is 4. The summed E-state index contributed by atoms with van der Waals surface area (Å²) in [6.45, 7) is 8.84. The maximum atomic E-state index is 14.1. The third-order valence-corrected chi connectivity index (χ3v) is 11.7. The van der Waals surface area contributed by atoms with Crippen LogP contribution in [0.2, 0.25) is 0 Å². The molecule has 320 valence electrons. The molecular weight excluding hydrogens is 733 g/mol. The van der Waals surface area contributed by atoms with E-state index in [0.29, 0.717) is 41.5 Å². The van der Waals surface area contributed by atoms with Crippen molar-refractivity contribution >= 4 is 24.0 Å². The van der Waals surface area contributed by atoms with E-state index in [0.717, 1.165) is 68.6 Å². The number of piperidine rings is 1. The second-order valence-corrected chi connectivity index (χ2v) is 15.8. The van der Waals surface area contributed by atoms with Gasteiger partial charge in [0.1, 0.15) is 11.8 Å². The van der Waals surface area contributed by atoms with E-state index in [9.17, 15) is 19.2 Å². The van der Waals surface area contributed by atoms with Crippen LogP contribution in [0.3, 0.4) is 0 Å². The summed E-state index contributed by atoms with van der Waals surface area (Å²) in [6.07, 6.45) is 19.8. The van der Waals surface area contributed by atoms with Gasteiger partial charge < -0.3 is 29.7 Å². The van der Waals surface area contributed by atoms with Crippen molar-refractivity contribution in [2.24, 2.45) is 0 Å². The fourth-order valence-corrected chi connectivity index (χ4v) is 8.41. The van der Waals surface area contributed by atoms with Gasteiger partial charge >= 0.3 is 24.0 Å². The quantitative estimate of drug-likeness (QED) is 0.0794. The first kappa shape index (κ1) is 46.3. The molecule has 2 aliphatic rings. The highest BCUT2D eigenvalue weighted by atomic mass is 16.5. The van der Waals surface area contributed by atoms with E-state index in [1.807, 2.05) is 42.5 Å². The number of ether oxygens (including phenoxy) is 3. The number of carbonyl (C=O) groups is 4. The van der Waals surface area contributed by atoms with Crippen molar-refractivity contribution in [2.45, 2.75) is 142 Å². The highest BCUT2D eigenvalue weighted by Crippen LogP contribution is 2.41. The van der Waals surface area contributed by atoms with Crippen molar-refractivity contribution in [1.29, 1.82) is 0 Å². The number of nitrogens with zero attached hydrogens (tertiary/aromatic N) is 2. The number of nitrogens with one attached hydrogen (secondary N) is 2. The Morgan fingerprint density at radius 1 is 0.793 bits per heavy atom. The van der Waals surface area contributed by atoms with Crippen molar-refractivity contribution in [1.82, 2.24) is 20.4 Å². The van der Waals surface area contributed by atoms with Crippen LogP contribution in [0.15, 0.2) is 53.7 Å². The molecular formula is C47H70N4O7. The number of amides is 4. The lowest BCUT2D eigenvalue weighted by atomic mass is 9.88. The largest absolute Gasteiger partial charge is 0.496 e. The van der Waals surface area contributed by atoms with Crippen molar-refractivity contribution in [3.8, 4) is 5.75 Å². The minimum atomic E-state index is -1.03. The van der Waals surface area contributed by atoms with Crippen LogP contribution in [-0.4, -0.2) is 80.8 Å². The Balaban J connectivity index is 1.36. The number of rotatable bonds is 24. The number of aryl methyl sites for hydroxylation is 1. The first-order chi connectivity index (χ1) is 28.2. The van der Waals surface area contributed by atoms with Crippen LogP contribution in [0.1, 0.15) is 163 Å². The Morgan fingerprint density at radius 3 is 2.00 bits per heavy atom. The van der Waals surface area contributed by atoms with Gasteiger partial charge in [0, 0.05) is 17.8 Å². The standard InChI is InChI=1S/C47H70N4O7/c1-6-8-9-10-11-12-13-14-15-16-17-18-19-22-38-23-20-24-40(56-4)42(38)43-41(45(53)58-7-2)35(3)49-47(55)51(43)46(54)48-31-21-32-50-33-29-37(30-34-50)36-25-27-39(28-26-36)44(52)57-5/h20,23-28,37,43H,6-19,21-22,29-34H2,1-5H3,(H,48,54)(H,49,55). The van der Waals surface area contributed by atoms with E-state index >= 15 is 0 Å². The topological polar surface area (TPSA) is 127 Å². The summed E-state index contributed by atoms with van der Waals surface area (Å²) < 4.78 is 16.2. The molecule has 1 saturated heterocycles. The average Bonchev–Trinajstić information content (AvgIpc) is 3.23. The van der Waals surface area contributed by atoms with Crippen LogP contribution >= 0.6 is 0 Å². The SMILES string of the molecule is CCCCCCCCCCCCCCCc1cccc(OC)c1C1C(C(=O)OCC)=C(C)NC(=O)N1C(=O)NCCCN1CCC(c2ccc(C(=O)OC)cc2)CC1. The Hall–Kier alpha value is -4.38. The van der Waals surface area contributed by atoms with Gasteiger partial charge in [-0.2, -0.15) is 0 Å². The van der Waals surface area contributed by atoms with Gasteiger partial charge in [-0.3, -0.25) is 0 Å². The van der Waals surface area contributed by atoms with E-state index in [4.69, 9.17) is 14.2 Å². The van der Waals surface area contributed by atoms with E-state index in [-0.39, 0.29) is 18.1 Å². The minimum Gasteiger partial charge on any atom is -0.496 e.